The number of nitrogens with zero attached hydrogens (tertiary/aromatic N) is 4. The Bertz CT molecular complexity index is 842. The second-order valence-electron chi connectivity index (χ2n) is 8.16. The minimum Gasteiger partial charge on any atom is -0.383 e. The van der Waals surface area contributed by atoms with Crippen molar-refractivity contribution in [1.29, 1.82) is 0 Å². The van der Waals surface area contributed by atoms with Crippen molar-refractivity contribution in [3.8, 4) is 0 Å². The molecule has 3 aliphatic heterocycles. The highest BCUT2D eigenvalue weighted by molar-refractivity contribution is 7.89. The summed E-state index contributed by atoms with van der Waals surface area (Å²) in [6.07, 6.45) is 0.352. The van der Waals surface area contributed by atoms with Crippen LogP contribution in [0.3, 0.4) is 0 Å². The van der Waals surface area contributed by atoms with Gasteiger partial charge in [-0.05, 0) is 12.8 Å². The minimum absolute atomic E-state index is 0.0344. The Kier molecular flexibility index (Phi) is 7.12. The lowest BCUT2D eigenvalue weighted by Gasteiger charge is -2.54. The van der Waals surface area contributed by atoms with Gasteiger partial charge in [-0.3, -0.25) is 4.79 Å². The van der Waals surface area contributed by atoms with Gasteiger partial charge in [-0.25, -0.2) is 8.42 Å². The van der Waals surface area contributed by atoms with Crippen molar-refractivity contribution < 1.29 is 31.1 Å². The summed E-state index contributed by atoms with van der Waals surface area (Å²) in [6.45, 7) is 2.13. The number of hydrogen-bond donors (Lipinski definition) is 0. The van der Waals surface area contributed by atoms with Crippen LogP contribution < -0.4 is 0 Å². The van der Waals surface area contributed by atoms with E-state index in [0.29, 0.717) is 26.3 Å². The third-order valence-corrected chi connectivity index (χ3v) is 10.0. The van der Waals surface area contributed by atoms with Crippen LogP contribution in [-0.2, 0) is 34.5 Å². The molecule has 3 aliphatic rings. The van der Waals surface area contributed by atoms with E-state index >= 15 is 0 Å². The topological polar surface area (TPSA) is 117 Å². The van der Waals surface area contributed by atoms with Gasteiger partial charge in [0, 0.05) is 60.0 Å². The maximum absolute atomic E-state index is 13.8. The summed E-state index contributed by atoms with van der Waals surface area (Å²) in [6, 6.07) is -0.602. The molecule has 0 aromatic heterocycles. The predicted molar refractivity (Wildman–Crippen MR) is 109 cm³/mol. The highest BCUT2D eigenvalue weighted by atomic mass is 32.2. The summed E-state index contributed by atoms with van der Waals surface area (Å²) < 4.78 is 65.7. The van der Waals surface area contributed by atoms with Crippen molar-refractivity contribution in [2.75, 3.05) is 79.5 Å². The summed E-state index contributed by atoms with van der Waals surface area (Å²) in [7, 11) is -2.90. The van der Waals surface area contributed by atoms with E-state index in [2.05, 4.69) is 0 Å². The highest BCUT2D eigenvalue weighted by Crippen LogP contribution is 2.44. The van der Waals surface area contributed by atoms with Crippen molar-refractivity contribution in [1.82, 2.24) is 17.8 Å². The standard InChI is InChI=1S/C17H32N4O7S2/c1-18(2)30(25,26)20-6-4-15-17(14-20,16(22)19-7-11-28-12-8-19)5-13-29(23,24)21(15)9-10-27-3/h15H,4-14H2,1-3H3/t15-,17+/m1/s1. The maximum atomic E-state index is 13.8. The van der Waals surface area contributed by atoms with Gasteiger partial charge in [0.1, 0.15) is 0 Å². The number of hydrogen-bond acceptors (Lipinski definition) is 7. The summed E-state index contributed by atoms with van der Waals surface area (Å²) in [5.74, 6) is -0.383. The fourth-order valence-electron chi connectivity index (χ4n) is 4.63. The lowest BCUT2D eigenvalue weighted by atomic mass is 9.72. The van der Waals surface area contributed by atoms with Gasteiger partial charge in [-0.2, -0.15) is 21.3 Å². The summed E-state index contributed by atoms with van der Waals surface area (Å²) in [5.41, 5.74) is -1.13. The molecule has 0 radical (unpaired) electrons. The fourth-order valence-corrected chi connectivity index (χ4v) is 7.73. The van der Waals surface area contributed by atoms with Crippen molar-refractivity contribution in [2.45, 2.75) is 18.9 Å². The summed E-state index contributed by atoms with van der Waals surface area (Å²) in [5, 5.41) is 0. The second kappa shape index (κ2) is 8.96. The van der Waals surface area contributed by atoms with Crippen LogP contribution in [0.5, 0.6) is 0 Å². The number of fused-ring (bicyclic) bond motifs is 1. The average molecular weight is 469 g/mol. The van der Waals surface area contributed by atoms with Gasteiger partial charge < -0.3 is 14.4 Å². The average Bonchev–Trinajstić information content (AvgIpc) is 2.72. The van der Waals surface area contributed by atoms with Gasteiger partial charge in [-0.1, -0.05) is 0 Å². The SMILES string of the molecule is COCCN1[C@@H]2CCN(S(=O)(=O)N(C)C)C[C@@]2(C(=O)N2CCOCC2)CCS1(=O)=O. The van der Waals surface area contributed by atoms with E-state index < -0.39 is 31.7 Å². The molecule has 13 heteroatoms. The van der Waals surface area contributed by atoms with E-state index in [0.717, 1.165) is 4.31 Å². The molecule has 3 fully saturated rings. The van der Waals surface area contributed by atoms with Crippen LogP contribution in [0.15, 0.2) is 0 Å². The van der Waals surface area contributed by atoms with Crippen molar-refractivity contribution >= 4 is 26.1 Å². The quantitative estimate of drug-likeness (QED) is 0.461. The zero-order valence-corrected chi connectivity index (χ0v) is 19.5. The van der Waals surface area contributed by atoms with Crippen LogP contribution >= 0.6 is 0 Å². The number of carbonyl (C=O) groups is 1. The summed E-state index contributed by atoms with van der Waals surface area (Å²) in [4.78, 5) is 15.5. The van der Waals surface area contributed by atoms with Crippen molar-refractivity contribution in [2.24, 2.45) is 5.41 Å². The maximum Gasteiger partial charge on any atom is 0.281 e. The molecular formula is C17H32N4O7S2. The van der Waals surface area contributed by atoms with Crippen molar-refractivity contribution in [3.63, 3.8) is 0 Å². The van der Waals surface area contributed by atoms with Gasteiger partial charge in [0.2, 0.25) is 15.9 Å². The van der Waals surface area contributed by atoms with Gasteiger partial charge in [0.25, 0.3) is 10.2 Å². The smallest absolute Gasteiger partial charge is 0.281 e. The molecule has 0 saturated carbocycles. The van der Waals surface area contributed by atoms with Crippen LogP contribution in [-0.4, -0.2) is 126 Å². The fraction of sp³-hybridized carbons (Fsp3) is 0.941. The second-order valence-corrected chi connectivity index (χ2v) is 12.3. The number of methoxy groups -OCH3 is 1. The molecule has 0 unspecified atom stereocenters. The summed E-state index contributed by atoms with van der Waals surface area (Å²) >= 11 is 0. The zero-order valence-electron chi connectivity index (χ0n) is 17.8. The molecule has 11 nitrogen and oxygen atoms in total. The molecule has 3 saturated heterocycles. The van der Waals surface area contributed by atoms with Crippen LogP contribution in [0.1, 0.15) is 12.8 Å². The number of ether oxygens (including phenoxy) is 2. The Labute approximate surface area is 179 Å². The molecule has 174 valence electrons. The van der Waals surface area contributed by atoms with E-state index in [4.69, 9.17) is 9.47 Å². The first-order valence-corrected chi connectivity index (χ1v) is 13.1. The lowest BCUT2D eigenvalue weighted by molar-refractivity contribution is -0.153. The lowest BCUT2D eigenvalue weighted by Crippen LogP contribution is -2.70. The van der Waals surface area contributed by atoms with Gasteiger partial charge in [-0.15, -0.1) is 0 Å². The highest BCUT2D eigenvalue weighted by Gasteiger charge is 2.59. The molecule has 0 aromatic carbocycles. The first kappa shape index (κ1) is 23.8. The molecule has 0 aromatic rings. The molecule has 0 N–H and O–H groups in total. The molecule has 0 aliphatic carbocycles. The van der Waals surface area contributed by atoms with E-state index in [1.807, 2.05) is 0 Å². The first-order valence-electron chi connectivity index (χ1n) is 10.1. The molecule has 0 bridgehead atoms. The van der Waals surface area contributed by atoms with Crippen LogP contribution in [0, 0.1) is 5.41 Å². The first-order chi connectivity index (χ1) is 14.1. The zero-order chi connectivity index (χ0) is 22.2. The predicted octanol–water partition coefficient (Wildman–Crippen LogP) is -1.61. The van der Waals surface area contributed by atoms with Gasteiger partial charge in [0.15, 0.2) is 0 Å². The molecule has 3 heterocycles. The van der Waals surface area contributed by atoms with Crippen molar-refractivity contribution in [3.05, 3.63) is 0 Å². The molecule has 2 atom stereocenters. The number of amides is 1. The van der Waals surface area contributed by atoms with Crippen LogP contribution in [0.4, 0.5) is 0 Å². The van der Waals surface area contributed by atoms with Crippen LogP contribution in [0.2, 0.25) is 0 Å². The van der Waals surface area contributed by atoms with E-state index in [9.17, 15) is 21.6 Å². The Hall–Kier alpha value is -0.830. The number of rotatable bonds is 6. The number of piperidine rings is 1. The molecule has 30 heavy (non-hydrogen) atoms. The van der Waals surface area contributed by atoms with E-state index in [1.54, 1.807) is 4.90 Å². The number of morpholine rings is 1. The molecule has 1 amide bonds. The minimum atomic E-state index is -3.74. The molecule has 0 spiro atoms. The normalized spacial score (nSPS) is 30.9. The Balaban J connectivity index is 2.02. The van der Waals surface area contributed by atoms with Gasteiger partial charge in [0.05, 0.1) is 31.0 Å². The third-order valence-electron chi connectivity index (χ3n) is 6.29. The number of sulfonamides is 1. The molecule has 3 rings (SSSR count). The third kappa shape index (κ3) is 4.25. The Morgan fingerprint density at radius 2 is 1.90 bits per heavy atom. The Morgan fingerprint density at radius 3 is 2.50 bits per heavy atom. The van der Waals surface area contributed by atoms with E-state index in [1.165, 1.54) is 29.8 Å². The van der Waals surface area contributed by atoms with E-state index in [-0.39, 0.29) is 50.7 Å². The number of carbonyl (C=O) groups excluding carboxylic acids is 1. The molecular weight excluding hydrogens is 436 g/mol. The van der Waals surface area contributed by atoms with Crippen LogP contribution in [0.25, 0.3) is 0 Å². The van der Waals surface area contributed by atoms with Gasteiger partial charge >= 0.3 is 0 Å². The Morgan fingerprint density at radius 1 is 1.23 bits per heavy atom. The monoisotopic (exact) mass is 468 g/mol. The largest absolute Gasteiger partial charge is 0.383 e.